The Morgan fingerprint density at radius 2 is 1.62 bits per heavy atom. The second-order valence-electron chi connectivity index (χ2n) is 8.09. The molecule has 4 fully saturated rings. The van der Waals surface area contributed by atoms with E-state index >= 15 is 0 Å². The Morgan fingerprint density at radius 3 is 2.34 bits per heavy atom. The average Bonchev–Trinajstić information content (AvgIpc) is 2.80. The van der Waals surface area contributed by atoms with Gasteiger partial charge in [0.25, 0.3) is 0 Å². The van der Waals surface area contributed by atoms with Gasteiger partial charge in [0.05, 0.1) is 5.71 Å². The summed E-state index contributed by atoms with van der Waals surface area (Å²) in [5.74, 6) is 2.36. The van der Waals surface area contributed by atoms with E-state index in [9.17, 15) is 0 Å². The number of fused-ring (bicyclic) bond motifs is 3. The van der Waals surface area contributed by atoms with E-state index in [-0.39, 0.29) is 0 Å². The van der Waals surface area contributed by atoms with Crippen LogP contribution in [0.25, 0.3) is 0 Å². The number of nitrogens with zero attached hydrogens (tertiary/aromatic N) is 6. The number of hydrogen-bond acceptors (Lipinski definition) is 8. The molecule has 1 aromatic carbocycles. The van der Waals surface area contributed by atoms with Gasteiger partial charge >= 0.3 is 0 Å². The minimum atomic E-state index is 0.503. The predicted molar refractivity (Wildman–Crippen MR) is 116 cm³/mol. The zero-order valence-corrected chi connectivity index (χ0v) is 16.7. The highest BCUT2D eigenvalue weighted by Gasteiger charge is 2.31. The summed E-state index contributed by atoms with van der Waals surface area (Å²) >= 11 is 0. The molecule has 0 saturated carbocycles. The van der Waals surface area contributed by atoms with Gasteiger partial charge in [0.2, 0.25) is 17.8 Å². The smallest absolute Gasteiger partial charge is 0.250 e. The van der Waals surface area contributed by atoms with Crippen molar-refractivity contribution in [1.82, 2.24) is 19.9 Å². The quantitative estimate of drug-likeness (QED) is 0.757. The highest BCUT2D eigenvalue weighted by atomic mass is 15.4. The third-order valence-electron chi connectivity index (χ3n) is 6.04. The highest BCUT2D eigenvalue weighted by molar-refractivity contribution is 5.90. The molecule has 4 aliphatic rings. The normalized spacial score (nSPS) is 25.2. The molecule has 6 rings (SSSR count). The summed E-state index contributed by atoms with van der Waals surface area (Å²) in [5.41, 5.74) is 5.32. The monoisotopic (exact) mass is 392 g/mol. The fourth-order valence-electron chi connectivity index (χ4n) is 4.39. The van der Waals surface area contributed by atoms with E-state index in [0.29, 0.717) is 17.8 Å². The van der Waals surface area contributed by atoms with Crippen molar-refractivity contribution in [3.8, 4) is 0 Å². The van der Waals surface area contributed by atoms with Gasteiger partial charge in [-0.05, 0) is 57.3 Å². The van der Waals surface area contributed by atoms with Crippen LogP contribution < -0.4 is 15.6 Å². The lowest BCUT2D eigenvalue weighted by Crippen LogP contribution is -2.48. The first-order valence-corrected chi connectivity index (χ1v) is 10.7. The molecule has 5 heterocycles. The number of nitrogens with one attached hydrogen (secondary N) is 2. The van der Waals surface area contributed by atoms with E-state index < -0.39 is 0 Å². The van der Waals surface area contributed by atoms with Crippen molar-refractivity contribution >= 4 is 29.2 Å². The van der Waals surface area contributed by atoms with Gasteiger partial charge in [0.1, 0.15) is 0 Å². The number of piperidine rings is 4. The molecule has 0 radical (unpaired) electrons. The van der Waals surface area contributed by atoms with Crippen LogP contribution in [-0.2, 0) is 0 Å². The molecule has 2 aromatic rings. The Labute approximate surface area is 171 Å². The van der Waals surface area contributed by atoms with E-state index in [1.807, 2.05) is 30.3 Å². The molecule has 4 saturated heterocycles. The number of hydrogen-bond donors (Lipinski definition) is 2. The van der Waals surface area contributed by atoms with Crippen molar-refractivity contribution in [1.29, 1.82) is 0 Å². The van der Waals surface area contributed by atoms with Gasteiger partial charge < -0.3 is 10.2 Å². The summed E-state index contributed by atoms with van der Waals surface area (Å²) in [5, 5.41) is 8.00. The zero-order chi connectivity index (χ0) is 19.5. The first-order valence-electron chi connectivity index (χ1n) is 10.7. The van der Waals surface area contributed by atoms with Crippen molar-refractivity contribution < 1.29 is 0 Å². The first-order chi connectivity index (χ1) is 14.3. The number of aromatic nitrogens is 3. The van der Waals surface area contributed by atoms with Crippen LogP contribution in [0.15, 0.2) is 35.4 Å². The lowest BCUT2D eigenvalue weighted by atomic mass is 9.87. The summed E-state index contributed by atoms with van der Waals surface area (Å²) < 4.78 is 0. The lowest BCUT2D eigenvalue weighted by Gasteiger charge is -2.39. The summed E-state index contributed by atoms with van der Waals surface area (Å²) in [6.45, 7) is 5.32. The van der Waals surface area contributed by atoms with E-state index in [0.717, 1.165) is 31.3 Å². The minimum absolute atomic E-state index is 0.503. The summed E-state index contributed by atoms with van der Waals surface area (Å²) in [7, 11) is 0. The van der Waals surface area contributed by atoms with Crippen molar-refractivity contribution in [2.75, 3.05) is 48.4 Å². The van der Waals surface area contributed by atoms with Crippen LogP contribution >= 0.6 is 0 Å². The molecular weight excluding hydrogens is 364 g/mol. The van der Waals surface area contributed by atoms with Crippen LogP contribution in [-0.4, -0.2) is 58.3 Å². The molecule has 152 valence electrons. The van der Waals surface area contributed by atoms with Gasteiger partial charge in [-0.3, -0.25) is 4.90 Å². The first kappa shape index (κ1) is 18.3. The van der Waals surface area contributed by atoms with Crippen LogP contribution in [0, 0.1) is 5.92 Å². The zero-order valence-electron chi connectivity index (χ0n) is 16.7. The Morgan fingerprint density at radius 1 is 0.862 bits per heavy atom. The highest BCUT2D eigenvalue weighted by Crippen LogP contribution is 2.26. The van der Waals surface area contributed by atoms with Crippen molar-refractivity contribution in [2.45, 2.75) is 32.1 Å². The average molecular weight is 393 g/mol. The molecule has 29 heavy (non-hydrogen) atoms. The van der Waals surface area contributed by atoms with Gasteiger partial charge in [-0.25, -0.2) is 5.43 Å². The molecular formula is C21H28N8. The largest absolute Gasteiger partial charge is 0.341 e. The van der Waals surface area contributed by atoms with Crippen molar-refractivity contribution in [2.24, 2.45) is 11.0 Å². The fourth-order valence-corrected chi connectivity index (χ4v) is 4.39. The van der Waals surface area contributed by atoms with Gasteiger partial charge in [0.15, 0.2) is 0 Å². The summed E-state index contributed by atoms with van der Waals surface area (Å²) in [6.07, 6.45) is 6.04. The van der Waals surface area contributed by atoms with E-state index in [4.69, 9.17) is 5.10 Å². The molecule has 2 bridgehead atoms. The number of rotatable bonds is 5. The lowest BCUT2D eigenvalue weighted by molar-refractivity contribution is 0.200. The third kappa shape index (κ3) is 4.32. The van der Waals surface area contributed by atoms with E-state index in [2.05, 4.69) is 35.5 Å². The molecule has 0 spiro atoms. The third-order valence-corrected chi connectivity index (χ3v) is 6.04. The molecule has 4 aliphatic heterocycles. The molecule has 0 amide bonds. The molecule has 1 aromatic heterocycles. The Bertz CT molecular complexity index is 854. The Balaban J connectivity index is 1.39. The van der Waals surface area contributed by atoms with Crippen molar-refractivity contribution in [3.05, 3.63) is 30.3 Å². The molecule has 0 aliphatic carbocycles. The van der Waals surface area contributed by atoms with Crippen LogP contribution in [0.2, 0.25) is 0 Å². The Hall–Kier alpha value is -2.74. The second-order valence-corrected chi connectivity index (χ2v) is 8.09. The van der Waals surface area contributed by atoms with Crippen LogP contribution in [0.1, 0.15) is 32.1 Å². The van der Waals surface area contributed by atoms with E-state index in [1.54, 1.807) is 0 Å². The van der Waals surface area contributed by atoms with Crippen molar-refractivity contribution in [3.63, 3.8) is 0 Å². The maximum Gasteiger partial charge on any atom is 0.250 e. The number of anilines is 4. The van der Waals surface area contributed by atoms with Gasteiger partial charge in [-0.1, -0.05) is 18.2 Å². The molecule has 0 unspecified atom stereocenters. The predicted octanol–water partition coefficient (Wildman–Crippen LogP) is 3.10. The van der Waals surface area contributed by atoms with Gasteiger partial charge in [-0.15, -0.1) is 0 Å². The molecule has 2 N–H and O–H groups in total. The van der Waals surface area contributed by atoms with Gasteiger partial charge in [-0.2, -0.15) is 20.1 Å². The van der Waals surface area contributed by atoms with Gasteiger partial charge in [0, 0.05) is 31.2 Å². The van der Waals surface area contributed by atoms with Crippen LogP contribution in [0.3, 0.4) is 0 Å². The summed E-state index contributed by atoms with van der Waals surface area (Å²) in [4.78, 5) is 18.6. The van der Waals surface area contributed by atoms with E-state index in [1.165, 1.54) is 50.9 Å². The molecule has 0 atom stereocenters. The number of benzene rings is 1. The summed E-state index contributed by atoms with van der Waals surface area (Å²) in [6, 6.07) is 9.99. The SMILES string of the molecule is c1ccc(Nc2nc(NN=C3CN4CCC3CC4)nc(N3CCCCC3)n2)cc1. The fraction of sp³-hybridized carbons (Fsp3) is 0.524. The number of hydrazone groups is 1. The maximum absolute atomic E-state index is 4.70. The topological polar surface area (TPSA) is 81.6 Å². The van der Waals surface area contributed by atoms with Crippen LogP contribution in [0.4, 0.5) is 23.5 Å². The second kappa shape index (κ2) is 8.32. The molecule has 8 nitrogen and oxygen atoms in total. The Kier molecular flexibility index (Phi) is 5.25. The molecule has 8 heteroatoms. The van der Waals surface area contributed by atoms with Crippen LogP contribution in [0.5, 0.6) is 0 Å². The number of para-hydroxylation sites is 1. The maximum atomic E-state index is 4.70. The minimum Gasteiger partial charge on any atom is -0.341 e. The standard InChI is InChI=1S/C21H28N8/c1-3-7-17(8-4-1)22-19-23-20(25-21(24-19)29-11-5-2-6-12-29)27-26-18-15-28-13-9-16(18)10-14-28/h1,3-4,7-8,16H,2,5-6,9-15H2,(H2,22,23,24,25,27).